The molecular formula is C16H27N3S. The normalized spacial score (nSPS) is 10.9. The highest BCUT2D eigenvalue weighted by molar-refractivity contribution is 7.80. The maximum absolute atomic E-state index is 5.58. The zero-order chi connectivity index (χ0) is 15.1. The van der Waals surface area contributed by atoms with Crippen molar-refractivity contribution in [2.45, 2.75) is 20.8 Å². The largest absolute Gasteiger partial charge is 0.347 e. The van der Waals surface area contributed by atoms with E-state index in [1.54, 1.807) is 0 Å². The Hall–Kier alpha value is -1.13. The van der Waals surface area contributed by atoms with Gasteiger partial charge in [-0.2, -0.15) is 0 Å². The van der Waals surface area contributed by atoms with Gasteiger partial charge in [-0.3, -0.25) is 0 Å². The average molecular weight is 293 g/mol. The summed E-state index contributed by atoms with van der Waals surface area (Å²) in [5.74, 6) is 0.591. The average Bonchev–Trinajstić information content (AvgIpc) is 2.36. The van der Waals surface area contributed by atoms with E-state index in [0.717, 1.165) is 30.4 Å². The van der Waals surface area contributed by atoms with Crippen LogP contribution < -0.4 is 5.32 Å². The van der Waals surface area contributed by atoms with Gasteiger partial charge >= 0.3 is 0 Å². The lowest BCUT2D eigenvalue weighted by molar-refractivity contribution is 0.310. The van der Waals surface area contributed by atoms with Gasteiger partial charge < -0.3 is 15.1 Å². The number of rotatable bonds is 6. The molecule has 1 aromatic rings. The fourth-order valence-corrected chi connectivity index (χ4v) is 2.22. The van der Waals surface area contributed by atoms with Crippen LogP contribution in [-0.2, 0) is 0 Å². The second-order valence-electron chi connectivity index (χ2n) is 5.89. The van der Waals surface area contributed by atoms with Gasteiger partial charge in [0.1, 0.15) is 0 Å². The Morgan fingerprint density at radius 3 is 2.40 bits per heavy atom. The summed E-state index contributed by atoms with van der Waals surface area (Å²) in [7, 11) is 4.18. The Kier molecular flexibility index (Phi) is 6.96. The summed E-state index contributed by atoms with van der Waals surface area (Å²) in [6, 6.07) is 8.24. The first-order chi connectivity index (χ1) is 9.40. The number of nitrogens with zero attached hydrogens (tertiary/aromatic N) is 2. The van der Waals surface area contributed by atoms with E-state index in [0.29, 0.717) is 5.92 Å². The van der Waals surface area contributed by atoms with Gasteiger partial charge in [0.15, 0.2) is 5.11 Å². The summed E-state index contributed by atoms with van der Waals surface area (Å²) in [6.07, 6.45) is 0. The lowest BCUT2D eigenvalue weighted by atomic mass is 10.2. The smallest absolute Gasteiger partial charge is 0.173 e. The molecule has 0 bridgehead atoms. The van der Waals surface area contributed by atoms with Crippen molar-refractivity contribution < 1.29 is 0 Å². The second kappa shape index (κ2) is 8.22. The molecule has 0 aromatic heterocycles. The number of benzene rings is 1. The second-order valence-corrected chi connectivity index (χ2v) is 6.27. The zero-order valence-corrected chi connectivity index (χ0v) is 14.1. The SMILES string of the molecule is Cc1ccccc1NC(=S)N(CCN(C)C)CC(C)C. The lowest BCUT2D eigenvalue weighted by Gasteiger charge is -2.29. The lowest BCUT2D eigenvalue weighted by Crippen LogP contribution is -2.41. The number of thiocarbonyl (C=S) groups is 1. The van der Waals surface area contributed by atoms with Crippen LogP contribution in [0.15, 0.2) is 24.3 Å². The summed E-state index contributed by atoms with van der Waals surface area (Å²) in [4.78, 5) is 4.44. The zero-order valence-electron chi connectivity index (χ0n) is 13.3. The van der Waals surface area contributed by atoms with Crippen LogP contribution in [0.25, 0.3) is 0 Å². The van der Waals surface area contributed by atoms with Crippen LogP contribution in [0.3, 0.4) is 0 Å². The van der Waals surface area contributed by atoms with Gasteiger partial charge in [0.2, 0.25) is 0 Å². The van der Waals surface area contributed by atoms with E-state index in [1.165, 1.54) is 5.56 Å². The van der Waals surface area contributed by atoms with Gasteiger partial charge in [0.05, 0.1) is 0 Å². The molecule has 0 amide bonds. The first-order valence-electron chi connectivity index (χ1n) is 7.16. The summed E-state index contributed by atoms with van der Waals surface area (Å²) in [5, 5.41) is 4.19. The molecule has 0 saturated heterocycles. The third-order valence-electron chi connectivity index (χ3n) is 3.08. The molecule has 0 aliphatic rings. The summed E-state index contributed by atoms with van der Waals surface area (Å²) >= 11 is 5.58. The third kappa shape index (κ3) is 5.88. The first-order valence-corrected chi connectivity index (χ1v) is 7.57. The van der Waals surface area contributed by atoms with Crippen molar-refractivity contribution in [2.24, 2.45) is 5.92 Å². The molecule has 0 atom stereocenters. The fourth-order valence-electron chi connectivity index (χ4n) is 1.94. The molecule has 0 aliphatic carbocycles. The Labute approximate surface area is 129 Å². The number of aryl methyl sites for hydroxylation is 1. The van der Waals surface area contributed by atoms with Crippen LogP contribution in [0.4, 0.5) is 5.69 Å². The third-order valence-corrected chi connectivity index (χ3v) is 3.44. The molecule has 20 heavy (non-hydrogen) atoms. The highest BCUT2D eigenvalue weighted by Crippen LogP contribution is 2.14. The Balaban J connectivity index is 2.69. The predicted octanol–water partition coefficient (Wildman–Crippen LogP) is 3.21. The number of anilines is 1. The standard InChI is InChI=1S/C16H27N3S/c1-13(2)12-19(11-10-18(4)5)16(20)17-15-9-7-6-8-14(15)3/h6-9,13H,10-12H2,1-5H3,(H,17,20). The number of hydrogen-bond donors (Lipinski definition) is 1. The molecule has 112 valence electrons. The minimum Gasteiger partial charge on any atom is -0.347 e. The van der Waals surface area contributed by atoms with Gasteiger partial charge in [-0.15, -0.1) is 0 Å². The van der Waals surface area contributed by atoms with E-state index >= 15 is 0 Å². The van der Waals surface area contributed by atoms with Crippen molar-refractivity contribution in [1.82, 2.24) is 9.80 Å². The maximum atomic E-state index is 5.58. The van der Waals surface area contributed by atoms with Crippen LogP contribution in [0.1, 0.15) is 19.4 Å². The van der Waals surface area contributed by atoms with Crippen LogP contribution in [-0.4, -0.2) is 48.6 Å². The van der Waals surface area contributed by atoms with E-state index in [4.69, 9.17) is 12.2 Å². The minimum atomic E-state index is 0.591. The molecule has 4 heteroatoms. The molecule has 0 fully saturated rings. The highest BCUT2D eigenvalue weighted by atomic mass is 32.1. The predicted molar refractivity (Wildman–Crippen MR) is 92.4 cm³/mol. The number of likely N-dealkylation sites (N-methyl/N-ethyl adjacent to an activating group) is 1. The molecule has 0 aliphatic heterocycles. The van der Waals surface area contributed by atoms with Crippen molar-refractivity contribution in [3.05, 3.63) is 29.8 Å². The maximum Gasteiger partial charge on any atom is 0.173 e. The molecule has 1 rings (SSSR count). The Morgan fingerprint density at radius 2 is 1.85 bits per heavy atom. The van der Waals surface area contributed by atoms with E-state index in [1.807, 2.05) is 12.1 Å². The summed E-state index contributed by atoms with van der Waals surface area (Å²) in [5.41, 5.74) is 2.31. The monoisotopic (exact) mass is 293 g/mol. The van der Waals surface area contributed by atoms with Crippen molar-refractivity contribution in [3.8, 4) is 0 Å². The molecule has 3 nitrogen and oxygen atoms in total. The van der Waals surface area contributed by atoms with Crippen molar-refractivity contribution in [3.63, 3.8) is 0 Å². The molecule has 1 N–H and O–H groups in total. The van der Waals surface area contributed by atoms with Gasteiger partial charge in [0, 0.05) is 25.3 Å². The van der Waals surface area contributed by atoms with Gasteiger partial charge in [0.25, 0.3) is 0 Å². The van der Waals surface area contributed by atoms with E-state index in [-0.39, 0.29) is 0 Å². The van der Waals surface area contributed by atoms with Crippen LogP contribution >= 0.6 is 12.2 Å². The van der Waals surface area contributed by atoms with Gasteiger partial charge in [-0.05, 0) is 50.8 Å². The van der Waals surface area contributed by atoms with Crippen LogP contribution in [0.2, 0.25) is 0 Å². The van der Waals surface area contributed by atoms with E-state index < -0.39 is 0 Å². The van der Waals surface area contributed by atoms with Gasteiger partial charge in [-0.1, -0.05) is 32.0 Å². The number of nitrogens with one attached hydrogen (secondary N) is 1. The fraction of sp³-hybridized carbons (Fsp3) is 0.562. The van der Waals surface area contributed by atoms with E-state index in [2.05, 4.69) is 62.1 Å². The molecule has 0 radical (unpaired) electrons. The highest BCUT2D eigenvalue weighted by Gasteiger charge is 2.12. The number of hydrogen-bond acceptors (Lipinski definition) is 2. The molecular weight excluding hydrogens is 266 g/mol. The van der Waals surface area contributed by atoms with Crippen LogP contribution in [0, 0.1) is 12.8 Å². The molecule has 0 unspecified atom stereocenters. The summed E-state index contributed by atoms with van der Waals surface area (Å²) < 4.78 is 0. The Morgan fingerprint density at radius 1 is 1.20 bits per heavy atom. The minimum absolute atomic E-state index is 0.591. The Bertz CT molecular complexity index is 429. The number of para-hydroxylation sites is 1. The van der Waals surface area contributed by atoms with Crippen molar-refractivity contribution in [2.75, 3.05) is 39.0 Å². The van der Waals surface area contributed by atoms with Crippen molar-refractivity contribution in [1.29, 1.82) is 0 Å². The van der Waals surface area contributed by atoms with E-state index in [9.17, 15) is 0 Å². The molecule has 1 aromatic carbocycles. The quantitative estimate of drug-likeness (QED) is 0.812. The molecule has 0 heterocycles. The van der Waals surface area contributed by atoms with Crippen molar-refractivity contribution >= 4 is 23.0 Å². The summed E-state index contributed by atoms with van der Waals surface area (Å²) in [6.45, 7) is 9.46. The van der Waals surface area contributed by atoms with Crippen LogP contribution in [0.5, 0.6) is 0 Å². The topological polar surface area (TPSA) is 18.5 Å². The molecule has 0 spiro atoms. The first kappa shape index (κ1) is 16.9. The van der Waals surface area contributed by atoms with Gasteiger partial charge in [-0.25, -0.2) is 0 Å². The molecule has 0 saturated carbocycles.